The summed E-state index contributed by atoms with van der Waals surface area (Å²) in [5, 5.41) is 20.8. The highest BCUT2D eigenvalue weighted by Gasteiger charge is 2.22. The molecule has 1 fully saturated rings. The van der Waals surface area contributed by atoms with E-state index in [4.69, 9.17) is 20.8 Å². The lowest BCUT2D eigenvalue weighted by molar-refractivity contribution is 0.0159. The van der Waals surface area contributed by atoms with E-state index in [1.165, 1.54) is 0 Å². The van der Waals surface area contributed by atoms with Crippen LogP contribution in [0.1, 0.15) is 18.4 Å². The summed E-state index contributed by atoms with van der Waals surface area (Å²) in [6.07, 6.45) is 1.98. The van der Waals surface area contributed by atoms with E-state index in [2.05, 4.69) is 26.0 Å². The van der Waals surface area contributed by atoms with Gasteiger partial charge in [-0.05, 0) is 31.0 Å². The molecule has 7 heteroatoms. The van der Waals surface area contributed by atoms with E-state index in [9.17, 15) is 0 Å². The van der Waals surface area contributed by atoms with Gasteiger partial charge in [0, 0.05) is 28.8 Å². The lowest BCUT2D eigenvalue weighted by Gasteiger charge is -2.34. The lowest BCUT2D eigenvalue weighted by Crippen LogP contribution is -2.38. The number of halogens is 1. The molecule has 116 valence electrons. The molecular formula is C14H20BrN3O3. The molecular weight excluding hydrogens is 338 g/mol. The number of benzene rings is 1. The number of piperidine rings is 1. The van der Waals surface area contributed by atoms with E-state index in [0.717, 1.165) is 36.1 Å². The molecule has 1 heterocycles. The minimum Gasteiger partial charge on any atom is -0.409 e. The first-order chi connectivity index (χ1) is 10.2. The van der Waals surface area contributed by atoms with E-state index in [-0.39, 0.29) is 18.5 Å². The fraction of sp³-hybridized carbons (Fsp3) is 0.500. The van der Waals surface area contributed by atoms with E-state index in [0.29, 0.717) is 12.2 Å². The van der Waals surface area contributed by atoms with Gasteiger partial charge in [-0.15, -0.1) is 0 Å². The Hall–Kier alpha value is -1.31. The molecule has 4 N–H and O–H groups in total. The largest absolute Gasteiger partial charge is 0.409 e. The maximum atomic E-state index is 8.93. The molecule has 0 atom stereocenters. The minimum absolute atomic E-state index is 0.0561. The second-order valence-corrected chi connectivity index (χ2v) is 5.84. The van der Waals surface area contributed by atoms with Crippen molar-refractivity contribution in [2.24, 2.45) is 10.9 Å². The van der Waals surface area contributed by atoms with Crippen molar-refractivity contribution in [2.75, 3.05) is 31.2 Å². The van der Waals surface area contributed by atoms with Crippen molar-refractivity contribution in [1.29, 1.82) is 0 Å². The summed E-state index contributed by atoms with van der Waals surface area (Å²) in [5.74, 6) is 0.102. The topological polar surface area (TPSA) is 91.3 Å². The highest BCUT2D eigenvalue weighted by Crippen LogP contribution is 2.27. The Labute approximate surface area is 132 Å². The van der Waals surface area contributed by atoms with E-state index < -0.39 is 0 Å². The van der Waals surface area contributed by atoms with Gasteiger partial charge in [-0.1, -0.05) is 21.1 Å². The van der Waals surface area contributed by atoms with Crippen molar-refractivity contribution in [3.8, 4) is 0 Å². The smallest absolute Gasteiger partial charge is 0.172 e. The predicted octanol–water partition coefficient (Wildman–Crippen LogP) is 1.52. The number of anilines is 1. The third kappa shape index (κ3) is 4.09. The fourth-order valence-corrected chi connectivity index (χ4v) is 2.89. The van der Waals surface area contributed by atoms with Gasteiger partial charge >= 0.3 is 0 Å². The van der Waals surface area contributed by atoms with Gasteiger partial charge in [0.25, 0.3) is 0 Å². The number of nitrogens with zero attached hydrogens (tertiary/aromatic N) is 2. The summed E-state index contributed by atoms with van der Waals surface area (Å²) >= 11 is 3.40. The number of oxime groups is 1. The molecule has 0 radical (unpaired) electrons. The van der Waals surface area contributed by atoms with Crippen LogP contribution < -0.4 is 10.6 Å². The van der Waals surface area contributed by atoms with Gasteiger partial charge in [0.2, 0.25) is 0 Å². The van der Waals surface area contributed by atoms with Crippen molar-refractivity contribution >= 4 is 27.5 Å². The zero-order valence-electron chi connectivity index (χ0n) is 11.7. The van der Waals surface area contributed by atoms with Crippen LogP contribution in [0.15, 0.2) is 27.8 Å². The molecule has 0 bridgehead atoms. The average Bonchev–Trinajstić information content (AvgIpc) is 2.52. The molecule has 0 aliphatic carbocycles. The molecule has 1 aliphatic rings. The Bertz CT molecular complexity index is 502. The first-order valence-corrected chi connectivity index (χ1v) is 7.70. The van der Waals surface area contributed by atoms with Gasteiger partial charge in [-0.25, -0.2) is 0 Å². The quantitative estimate of drug-likeness (QED) is 0.321. The molecule has 0 saturated carbocycles. The van der Waals surface area contributed by atoms with Gasteiger partial charge in [-0.2, -0.15) is 0 Å². The Morgan fingerprint density at radius 1 is 1.43 bits per heavy atom. The highest BCUT2D eigenvalue weighted by molar-refractivity contribution is 9.10. The van der Waals surface area contributed by atoms with Crippen LogP contribution in [-0.2, 0) is 4.74 Å². The van der Waals surface area contributed by atoms with Gasteiger partial charge in [0.05, 0.1) is 19.3 Å². The van der Waals surface area contributed by atoms with Crippen LogP contribution in [0.2, 0.25) is 0 Å². The van der Waals surface area contributed by atoms with Gasteiger partial charge in [0.15, 0.2) is 5.84 Å². The van der Waals surface area contributed by atoms with Gasteiger partial charge in [-0.3, -0.25) is 0 Å². The fourth-order valence-electron chi connectivity index (χ4n) is 2.53. The first-order valence-electron chi connectivity index (χ1n) is 6.90. The molecule has 21 heavy (non-hydrogen) atoms. The summed E-state index contributed by atoms with van der Waals surface area (Å²) in [4.78, 5) is 2.21. The third-order valence-electron chi connectivity index (χ3n) is 3.57. The van der Waals surface area contributed by atoms with Crippen LogP contribution in [-0.4, -0.2) is 48.6 Å². The van der Waals surface area contributed by atoms with Gasteiger partial charge in [0.1, 0.15) is 0 Å². The number of amidine groups is 1. The van der Waals surface area contributed by atoms with Crippen molar-refractivity contribution in [3.63, 3.8) is 0 Å². The molecule has 1 aromatic carbocycles. The Balaban J connectivity index is 2.10. The van der Waals surface area contributed by atoms with Crippen LogP contribution in [0, 0.1) is 0 Å². The summed E-state index contributed by atoms with van der Waals surface area (Å²) in [7, 11) is 0. The summed E-state index contributed by atoms with van der Waals surface area (Å²) in [6, 6.07) is 5.75. The molecule has 1 saturated heterocycles. The molecule has 0 unspecified atom stereocenters. The van der Waals surface area contributed by atoms with Crippen molar-refractivity contribution in [3.05, 3.63) is 28.2 Å². The number of hydrogen-bond donors (Lipinski definition) is 3. The summed E-state index contributed by atoms with van der Waals surface area (Å²) in [5.41, 5.74) is 7.43. The standard InChI is InChI=1S/C14H20BrN3O3/c15-10-1-2-13(12(9-10)14(16)17-20)18-5-3-11(4-6-18)21-8-7-19/h1-2,9,11,19-20H,3-8H2,(H2,16,17). The van der Waals surface area contributed by atoms with Crippen LogP contribution in [0.25, 0.3) is 0 Å². The average molecular weight is 358 g/mol. The molecule has 1 aromatic rings. The monoisotopic (exact) mass is 357 g/mol. The number of aliphatic hydroxyl groups excluding tert-OH is 1. The lowest BCUT2D eigenvalue weighted by atomic mass is 10.0. The zero-order valence-corrected chi connectivity index (χ0v) is 13.3. The van der Waals surface area contributed by atoms with E-state index in [1.54, 1.807) is 0 Å². The second kappa shape index (κ2) is 7.63. The third-order valence-corrected chi connectivity index (χ3v) is 4.06. The van der Waals surface area contributed by atoms with E-state index in [1.807, 2.05) is 18.2 Å². The number of aliphatic hydroxyl groups is 1. The van der Waals surface area contributed by atoms with Gasteiger partial charge < -0.3 is 25.7 Å². The number of ether oxygens (including phenoxy) is 1. The molecule has 2 rings (SSSR count). The van der Waals surface area contributed by atoms with Crippen LogP contribution in [0.3, 0.4) is 0 Å². The minimum atomic E-state index is 0.0561. The SMILES string of the molecule is N/C(=N/O)c1cc(Br)ccc1N1CCC(OCCO)CC1. The number of nitrogens with two attached hydrogens (primary N) is 1. The number of rotatable bonds is 5. The van der Waals surface area contributed by atoms with Crippen LogP contribution in [0.5, 0.6) is 0 Å². The molecule has 1 aliphatic heterocycles. The zero-order chi connectivity index (χ0) is 15.2. The Kier molecular flexibility index (Phi) is 5.84. The van der Waals surface area contributed by atoms with Crippen molar-refractivity contribution in [2.45, 2.75) is 18.9 Å². The summed E-state index contributed by atoms with van der Waals surface area (Å²) in [6.45, 7) is 2.12. The Morgan fingerprint density at radius 2 is 2.14 bits per heavy atom. The highest BCUT2D eigenvalue weighted by atomic mass is 79.9. The maximum absolute atomic E-state index is 8.93. The van der Waals surface area contributed by atoms with Crippen molar-refractivity contribution < 1.29 is 15.1 Å². The normalized spacial score (nSPS) is 17.2. The Morgan fingerprint density at radius 3 is 2.76 bits per heavy atom. The molecule has 6 nitrogen and oxygen atoms in total. The van der Waals surface area contributed by atoms with E-state index >= 15 is 0 Å². The van der Waals surface area contributed by atoms with Crippen LogP contribution in [0.4, 0.5) is 5.69 Å². The molecule has 0 spiro atoms. The van der Waals surface area contributed by atoms with Crippen LogP contribution >= 0.6 is 15.9 Å². The first kappa shape index (κ1) is 16.1. The second-order valence-electron chi connectivity index (χ2n) is 4.93. The summed E-state index contributed by atoms with van der Waals surface area (Å²) < 4.78 is 6.45. The van der Waals surface area contributed by atoms with Crippen molar-refractivity contribution in [1.82, 2.24) is 0 Å². The predicted molar refractivity (Wildman–Crippen MR) is 84.9 cm³/mol. The number of hydrogen-bond acceptors (Lipinski definition) is 5. The maximum Gasteiger partial charge on any atom is 0.172 e. The molecule has 0 aromatic heterocycles. The molecule has 0 amide bonds.